The molecule has 0 fully saturated rings. The molecular weight excluding hydrogens is 873 g/mol. The lowest BCUT2D eigenvalue weighted by molar-refractivity contribution is 1.09. The van der Waals surface area contributed by atoms with E-state index >= 15 is 0 Å². The Hall–Kier alpha value is -8.78. The molecule has 9 aromatic carbocycles. The fraction of sp³-hybridized carbons (Fsp3) is 0.118. The number of benzene rings is 9. The van der Waals surface area contributed by atoms with Crippen molar-refractivity contribution in [3.8, 4) is 67.0 Å². The van der Waals surface area contributed by atoms with Crippen molar-refractivity contribution < 1.29 is 0 Å². The van der Waals surface area contributed by atoms with Crippen molar-refractivity contribution in [1.29, 1.82) is 0 Å². The largest absolute Gasteiger partial charge is 0.307 e. The summed E-state index contributed by atoms with van der Waals surface area (Å²) in [6, 6.07) is 62.8. The summed E-state index contributed by atoms with van der Waals surface area (Å²) in [6.07, 6.45) is 4.07. The molecule has 4 nitrogen and oxygen atoms in total. The molecule has 0 bridgehead atoms. The monoisotopic (exact) mass is 926 g/mol. The van der Waals surface area contributed by atoms with E-state index in [0.717, 1.165) is 88.4 Å². The van der Waals surface area contributed by atoms with E-state index in [9.17, 15) is 0 Å². The lowest BCUT2D eigenvalue weighted by Gasteiger charge is -2.20. The molecule has 72 heavy (non-hydrogen) atoms. The van der Waals surface area contributed by atoms with Gasteiger partial charge in [0.15, 0.2) is 5.69 Å². The van der Waals surface area contributed by atoms with Crippen LogP contribution in [0.3, 0.4) is 0 Å². The Balaban J connectivity index is 1.23. The van der Waals surface area contributed by atoms with Crippen LogP contribution in [-0.4, -0.2) is 14.1 Å². The molecular formula is C68H54N4. The minimum atomic E-state index is 0.578. The predicted molar refractivity (Wildman–Crippen MR) is 304 cm³/mol. The van der Waals surface area contributed by atoms with Gasteiger partial charge < -0.3 is 9.13 Å². The molecule has 0 atom stereocenters. The van der Waals surface area contributed by atoms with Gasteiger partial charge in [-0.3, -0.25) is 4.98 Å². The van der Waals surface area contributed by atoms with Crippen LogP contribution in [0, 0.1) is 62.0 Å². The van der Waals surface area contributed by atoms with Crippen molar-refractivity contribution >= 4 is 49.3 Å². The van der Waals surface area contributed by atoms with Gasteiger partial charge >= 0.3 is 0 Å². The molecule has 0 amide bonds. The number of hydrogen-bond donors (Lipinski definition) is 0. The van der Waals surface area contributed by atoms with Gasteiger partial charge in [-0.15, -0.1) is 0 Å². The highest BCUT2D eigenvalue weighted by molar-refractivity contribution is 6.14. The number of aromatic nitrogens is 3. The maximum Gasteiger partial charge on any atom is 0.187 e. The van der Waals surface area contributed by atoms with Gasteiger partial charge in [0.25, 0.3) is 0 Å². The lowest BCUT2D eigenvalue weighted by atomic mass is 9.96. The number of rotatable bonds is 7. The second-order valence-corrected chi connectivity index (χ2v) is 20.1. The first-order chi connectivity index (χ1) is 34.9. The Morgan fingerprint density at radius 2 is 0.681 bits per heavy atom. The van der Waals surface area contributed by atoms with E-state index in [1.54, 1.807) is 0 Å². The van der Waals surface area contributed by atoms with Crippen LogP contribution in [0.5, 0.6) is 0 Å². The van der Waals surface area contributed by atoms with E-state index in [-0.39, 0.29) is 0 Å². The van der Waals surface area contributed by atoms with E-state index < -0.39 is 0 Å². The van der Waals surface area contributed by atoms with Gasteiger partial charge in [0, 0.05) is 27.1 Å². The zero-order valence-corrected chi connectivity index (χ0v) is 42.1. The first kappa shape index (κ1) is 44.4. The molecule has 0 N–H and O–H groups in total. The number of pyridine rings is 1. The summed E-state index contributed by atoms with van der Waals surface area (Å²) in [5, 5.41) is 4.63. The van der Waals surface area contributed by atoms with Crippen molar-refractivity contribution in [3.05, 3.63) is 238 Å². The zero-order valence-electron chi connectivity index (χ0n) is 42.1. The average molecular weight is 927 g/mol. The van der Waals surface area contributed by atoms with Crippen molar-refractivity contribution in [2.45, 2.75) is 55.4 Å². The van der Waals surface area contributed by atoms with Crippen LogP contribution in [0.15, 0.2) is 182 Å². The molecule has 3 heterocycles. The highest BCUT2D eigenvalue weighted by Crippen LogP contribution is 2.45. The van der Waals surface area contributed by atoms with Crippen LogP contribution in [0.1, 0.15) is 44.5 Å². The van der Waals surface area contributed by atoms with Crippen LogP contribution >= 0.6 is 0 Å². The smallest absolute Gasteiger partial charge is 0.187 e. The Morgan fingerprint density at radius 3 is 0.986 bits per heavy atom. The first-order valence-electron chi connectivity index (χ1n) is 24.9. The van der Waals surface area contributed by atoms with Crippen LogP contribution < -0.4 is 0 Å². The molecule has 0 radical (unpaired) electrons. The van der Waals surface area contributed by atoms with Gasteiger partial charge in [-0.25, -0.2) is 4.85 Å². The molecule has 12 rings (SSSR count). The van der Waals surface area contributed by atoms with Crippen molar-refractivity contribution in [3.63, 3.8) is 0 Å². The summed E-state index contributed by atoms with van der Waals surface area (Å²) < 4.78 is 4.88. The molecule has 0 saturated heterocycles. The third-order valence-electron chi connectivity index (χ3n) is 15.0. The summed E-state index contributed by atoms with van der Waals surface area (Å²) >= 11 is 0. The summed E-state index contributed by atoms with van der Waals surface area (Å²) in [4.78, 5) is 9.27. The quantitative estimate of drug-likeness (QED) is 0.146. The van der Waals surface area contributed by atoms with Gasteiger partial charge in [-0.1, -0.05) is 162 Å². The van der Waals surface area contributed by atoms with Crippen LogP contribution in [0.25, 0.3) is 115 Å². The zero-order chi connectivity index (χ0) is 49.5. The first-order valence-corrected chi connectivity index (χ1v) is 24.9. The number of aryl methyl sites for hydroxylation is 8. The second kappa shape index (κ2) is 17.3. The maximum atomic E-state index is 8.27. The molecule has 0 aliphatic rings. The Kier molecular flexibility index (Phi) is 10.7. The van der Waals surface area contributed by atoms with E-state index in [1.165, 1.54) is 66.8 Å². The minimum absolute atomic E-state index is 0.578. The number of hydrogen-bond acceptors (Lipinski definition) is 1. The molecule has 4 heteroatoms. The average Bonchev–Trinajstić information content (AvgIpc) is 3.87. The summed E-state index contributed by atoms with van der Waals surface area (Å²) in [5.41, 5.74) is 28.0. The summed E-state index contributed by atoms with van der Waals surface area (Å²) in [5.74, 6) is 0. The topological polar surface area (TPSA) is 27.1 Å². The van der Waals surface area contributed by atoms with Crippen molar-refractivity contribution in [1.82, 2.24) is 14.1 Å². The fourth-order valence-electron chi connectivity index (χ4n) is 11.6. The summed E-state index contributed by atoms with van der Waals surface area (Å²) in [7, 11) is 0. The molecule has 0 saturated carbocycles. The van der Waals surface area contributed by atoms with Gasteiger partial charge in [0.05, 0.1) is 52.4 Å². The molecule has 0 aliphatic heterocycles. The third kappa shape index (κ3) is 7.40. The Labute approximate surface area is 422 Å². The fourth-order valence-corrected chi connectivity index (χ4v) is 11.6. The summed E-state index contributed by atoms with van der Waals surface area (Å²) in [6.45, 7) is 25.7. The highest BCUT2D eigenvalue weighted by Gasteiger charge is 2.25. The SMILES string of the molecule is [C-]#[N+]c1cccc(-c2c(-n3c4cc(-c5ccc(C)cc5C)ccc4c4ccc(-c5ccc(C)cc5C)cc43)cncc2-n2c3cc(-c4ccc(C)cc4C)ccc3c3ccc(-c4ccc(C)cc4C)cc32)c1. The van der Waals surface area contributed by atoms with Gasteiger partial charge in [0.2, 0.25) is 0 Å². The minimum Gasteiger partial charge on any atom is -0.307 e. The highest BCUT2D eigenvalue weighted by atomic mass is 15.0. The third-order valence-corrected chi connectivity index (χ3v) is 15.0. The maximum absolute atomic E-state index is 8.27. The Bertz CT molecular complexity index is 3800. The van der Waals surface area contributed by atoms with Gasteiger partial charge in [0.1, 0.15) is 0 Å². The molecule has 346 valence electrons. The molecule has 3 aromatic heterocycles. The van der Waals surface area contributed by atoms with E-state index in [0.29, 0.717) is 5.69 Å². The molecule has 0 unspecified atom stereocenters. The lowest BCUT2D eigenvalue weighted by Crippen LogP contribution is -2.05. The van der Waals surface area contributed by atoms with Crippen molar-refractivity contribution in [2.24, 2.45) is 0 Å². The van der Waals surface area contributed by atoms with Crippen LogP contribution in [0.2, 0.25) is 0 Å². The van der Waals surface area contributed by atoms with Gasteiger partial charge in [-0.2, -0.15) is 0 Å². The van der Waals surface area contributed by atoms with Crippen LogP contribution in [-0.2, 0) is 0 Å². The van der Waals surface area contributed by atoms with Gasteiger partial charge in [-0.05, 0) is 158 Å². The molecule has 12 aromatic rings. The Morgan fingerprint density at radius 1 is 0.347 bits per heavy atom. The second-order valence-electron chi connectivity index (χ2n) is 20.1. The number of nitrogens with zero attached hydrogens (tertiary/aromatic N) is 4. The number of fused-ring (bicyclic) bond motifs is 6. The van der Waals surface area contributed by atoms with E-state index in [4.69, 9.17) is 11.6 Å². The van der Waals surface area contributed by atoms with Crippen LogP contribution in [0.4, 0.5) is 5.69 Å². The molecule has 0 spiro atoms. The van der Waals surface area contributed by atoms with E-state index in [1.807, 2.05) is 30.6 Å². The predicted octanol–water partition coefficient (Wildman–Crippen LogP) is 18.6. The van der Waals surface area contributed by atoms with E-state index in [2.05, 4.69) is 221 Å². The van der Waals surface area contributed by atoms with Crippen molar-refractivity contribution in [2.75, 3.05) is 0 Å². The normalized spacial score (nSPS) is 11.6. The molecule has 0 aliphatic carbocycles. The standard InChI is InChI=1S/C68H54N4/c1-40-13-21-54(44(5)29-40)48-17-25-58-59-26-18-49(55-22-14-41(2)30-45(55)6)35-63(59)71(62(58)34-48)66-38-70-39-67(68(66)52-11-10-12-53(33-52)69-9)72-64-36-50(56-23-15-42(3)31-46(56)7)19-27-60(64)61-28-20-51(37-65(61)72)57-24-16-43(4)32-47(57)8/h10-39H,1-8H3.